The van der Waals surface area contributed by atoms with Crippen molar-refractivity contribution < 1.29 is 14.3 Å². The van der Waals surface area contributed by atoms with E-state index in [1.54, 1.807) is 37.6 Å². The molecule has 25 heavy (non-hydrogen) atoms. The number of pyridine rings is 1. The molecule has 0 aromatic carbocycles. The van der Waals surface area contributed by atoms with Gasteiger partial charge in [-0.25, -0.2) is 14.3 Å². The van der Waals surface area contributed by atoms with Crippen LogP contribution in [-0.4, -0.2) is 44.6 Å². The highest BCUT2D eigenvalue weighted by atomic mass is 79.9. The normalized spacial score (nSPS) is 10.6. The van der Waals surface area contributed by atoms with Crippen LogP contribution in [-0.2, 0) is 4.74 Å². The highest BCUT2D eigenvalue weighted by Crippen LogP contribution is 2.14. The summed E-state index contributed by atoms with van der Waals surface area (Å²) >= 11 is 3.25. The van der Waals surface area contributed by atoms with Crippen molar-refractivity contribution >= 4 is 33.5 Å². The summed E-state index contributed by atoms with van der Waals surface area (Å²) in [5.74, 6) is -0.816. The quantitative estimate of drug-likeness (QED) is 0.514. The van der Waals surface area contributed by atoms with Crippen LogP contribution in [0.3, 0.4) is 0 Å². The summed E-state index contributed by atoms with van der Waals surface area (Å²) in [7, 11) is 0. The predicted molar refractivity (Wildman–Crippen MR) is 92.3 cm³/mol. The molecule has 0 spiro atoms. The Labute approximate surface area is 151 Å². The van der Waals surface area contributed by atoms with Crippen LogP contribution in [0.4, 0.5) is 0 Å². The van der Waals surface area contributed by atoms with Crippen LogP contribution in [0.5, 0.6) is 0 Å². The first kappa shape index (κ1) is 17.0. The highest BCUT2D eigenvalue weighted by molar-refractivity contribution is 9.10. The summed E-state index contributed by atoms with van der Waals surface area (Å²) in [5, 5.41) is 6.88. The molecule has 3 rings (SSSR count). The zero-order valence-corrected chi connectivity index (χ0v) is 14.9. The summed E-state index contributed by atoms with van der Waals surface area (Å²) in [6.07, 6.45) is 6.34. The number of ether oxygens (including phenoxy) is 1. The molecular formula is C16H14BrN5O3. The van der Waals surface area contributed by atoms with Gasteiger partial charge in [0.05, 0.1) is 17.8 Å². The number of nitrogens with one attached hydrogen (secondary N) is 1. The number of aryl methyl sites for hydroxylation is 1. The second-order valence-corrected chi connectivity index (χ2v) is 6.05. The molecule has 3 heterocycles. The Morgan fingerprint density at radius 2 is 2.20 bits per heavy atom. The molecule has 0 aliphatic carbocycles. The lowest BCUT2D eigenvalue weighted by Crippen LogP contribution is -2.28. The Morgan fingerprint density at radius 3 is 3.00 bits per heavy atom. The van der Waals surface area contributed by atoms with Gasteiger partial charge in [0.25, 0.3) is 5.91 Å². The first-order valence-electron chi connectivity index (χ1n) is 7.42. The molecule has 0 aliphatic rings. The lowest BCUT2D eigenvalue weighted by molar-refractivity contribution is 0.0504. The molecule has 0 aliphatic heterocycles. The Kier molecular flexibility index (Phi) is 5.03. The van der Waals surface area contributed by atoms with Crippen molar-refractivity contribution in [2.24, 2.45) is 0 Å². The lowest BCUT2D eigenvalue weighted by atomic mass is 10.2. The van der Waals surface area contributed by atoms with E-state index in [-0.39, 0.29) is 19.1 Å². The van der Waals surface area contributed by atoms with E-state index in [0.29, 0.717) is 26.9 Å². The van der Waals surface area contributed by atoms with Crippen LogP contribution in [0.15, 0.2) is 41.4 Å². The SMILES string of the molecule is Cc1nn2cccnc2c1C(=O)OCCNC(=O)c1cncc(Br)c1. The molecule has 1 amide bonds. The Bertz CT molecular complexity index is 940. The van der Waals surface area contributed by atoms with Gasteiger partial charge in [-0.3, -0.25) is 9.78 Å². The number of halogens is 1. The van der Waals surface area contributed by atoms with Crippen molar-refractivity contribution in [2.45, 2.75) is 6.92 Å². The third-order valence-corrected chi connectivity index (χ3v) is 3.80. The van der Waals surface area contributed by atoms with Gasteiger partial charge in [-0.2, -0.15) is 5.10 Å². The van der Waals surface area contributed by atoms with Gasteiger partial charge < -0.3 is 10.1 Å². The number of hydrogen-bond acceptors (Lipinski definition) is 6. The highest BCUT2D eigenvalue weighted by Gasteiger charge is 2.19. The van der Waals surface area contributed by atoms with Crippen LogP contribution in [0.2, 0.25) is 0 Å². The maximum absolute atomic E-state index is 12.3. The molecule has 0 saturated carbocycles. The average Bonchev–Trinajstić information content (AvgIpc) is 2.94. The summed E-state index contributed by atoms with van der Waals surface area (Å²) < 4.78 is 7.45. The minimum atomic E-state index is -0.524. The fourth-order valence-electron chi connectivity index (χ4n) is 2.25. The van der Waals surface area contributed by atoms with Gasteiger partial charge in [0, 0.05) is 29.3 Å². The van der Waals surface area contributed by atoms with E-state index in [1.807, 2.05) is 0 Å². The van der Waals surface area contributed by atoms with E-state index in [9.17, 15) is 9.59 Å². The average molecular weight is 404 g/mol. The molecule has 8 nitrogen and oxygen atoms in total. The third-order valence-electron chi connectivity index (χ3n) is 3.36. The zero-order valence-electron chi connectivity index (χ0n) is 13.3. The minimum Gasteiger partial charge on any atom is -0.460 e. The summed E-state index contributed by atoms with van der Waals surface area (Å²) in [6, 6.07) is 3.38. The lowest BCUT2D eigenvalue weighted by Gasteiger charge is -2.06. The molecule has 0 radical (unpaired) electrons. The van der Waals surface area contributed by atoms with Crippen molar-refractivity contribution in [1.29, 1.82) is 0 Å². The molecule has 0 bridgehead atoms. The number of rotatable bonds is 5. The van der Waals surface area contributed by atoms with E-state index >= 15 is 0 Å². The fourth-order valence-corrected chi connectivity index (χ4v) is 2.62. The second kappa shape index (κ2) is 7.39. The van der Waals surface area contributed by atoms with E-state index in [1.165, 1.54) is 10.7 Å². The van der Waals surface area contributed by atoms with E-state index < -0.39 is 5.97 Å². The summed E-state index contributed by atoms with van der Waals surface area (Å²) in [4.78, 5) is 32.3. The standard InChI is InChI=1S/C16H14BrN5O3/c1-10-13(14-19-3-2-5-22(14)21-10)16(24)25-6-4-20-15(23)11-7-12(17)9-18-8-11/h2-3,5,7-9H,4,6H2,1H3,(H,20,23). The molecule has 1 N–H and O–H groups in total. The first-order valence-corrected chi connectivity index (χ1v) is 8.21. The molecule has 3 aromatic heterocycles. The topological polar surface area (TPSA) is 98.5 Å². The maximum atomic E-state index is 12.3. The monoisotopic (exact) mass is 403 g/mol. The third kappa shape index (κ3) is 3.82. The number of esters is 1. The van der Waals surface area contributed by atoms with E-state index in [2.05, 4.69) is 36.3 Å². The van der Waals surface area contributed by atoms with E-state index in [4.69, 9.17) is 4.74 Å². The van der Waals surface area contributed by atoms with Crippen molar-refractivity contribution in [3.63, 3.8) is 0 Å². The van der Waals surface area contributed by atoms with Crippen LogP contribution in [0.1, 0.15) is 26.4 Å². The van der Waals surface area contributed by atoms with Crippen molar-refractivity contribution in [3.05, 3.63) is 58.2 Å². The van der Waals surface area contributed by atoms with Gasteiger partial charge >= 0.3 is 5.97 Å². The van der Waals surface area contributed by atoms with Crippen LogP contribution >= 0.6 is 15.9 Å². The van der Waals surface area contributed by atoms with Gasteiger partial charge in [0.1, 0.15) is 12.2 Å². The predicted octanol–water partition coefficient (Wildman–Crippen LogP) is 1.78. The number of carbonyl (C=O) groups excluding carboxylic acids is 2. The molecule has 0 atom stereocenters. The van der Waals surface area contributed by atoms with Crippen molar-refractivity contribution in [2.75, 3.05) is 13.2 Å². The molecule has 3 aromatic rings. The number of amides is 1. The largest absolute Gasteiger partial charge is 0.460 e. The number of nitrogens with zero attached hydrogens (tertiary/aromatic N) is 4. The molecule has 9 heteroatoms. The van der Waals surface area contributed by atoms with Crippen molar-refractivity contribution in [1.82, 2.24) is 24.9 Å². The summed E-state index contributed by atoms with van der Waals surface area (Å²) in [5.41, 5.74) is 1.72. The molecule has 0 fully saturated rings. The van der Waals surface area contributed by atoms with Crippen LogP contribution in [0.25, 0.3) is 5.65 Å². The molecule has 128 valence electrons. The van der Waals surface area contributed by atoms with Gasteiger partial charge in [-0.15, -0.1) is 0 Å². The fraction of sp³-hybridized carbons (Fsp3) is 0.188. The number of aromatic nitrogens is 4. The number of hydrogen-bond donors (Lipinski definition) is 1. The van der Waals surface area contributed by atoms with Gasteiger partial charge in [0.15, 0.2) is 5.65 Å². The Balaban J connectivity index is 1.56. The smallest absolute Gasteiger partial charge is 0.344 e. The van der Waals surface area contributed by atoms with Crippen LogP contribution < -0.4 is 5.32 Å². The number of fused-ring (bicyclic) bond motifs is 1. The molecular weight excluding hydrogens is 390 g/mol. The van der Waals surface area contributed by atoms with Crippen molar-refractivity contribution in [3.8, 4) is 0 Å². The first-order chi connectivity index (χ1) is 12.1. The second-order valence-electron chi connectivity index (χ2n) is 5.13. The maximum Gasteiger partial charge on any atom is 0.344 e. The number of carbonyl (C=O) groups is 2. The van der Waals surface area contributed by atoms with Crippen LogP contribution in [0, 0.1) is 6.92 Å². The summed E-state index contributed by atoms with van der Waals surface area (Å²) in [6.45, 7) is 1.94. The molecule has 0 unspecified atom stereocenters. The Morgan fingerprint density at radius 1 is 1.36 bits per heavy atom. The Hall–Kier alpha value is -2.81. The zero-order chi connectivity index (χ0) is 17.8. The van der Waals surface area contributed by atoms with Gasteiger partial charge in [-0.05, 0) is 35.0 Å². The van der Waals surface area contributed by atoms with Gasteiger partial charge in [-0.1, -0.05) is 0 Å². The molecule has 0 saturated heterocycles. The van der Waals surface area contributed by atoms with Gasteiger partial charge in [0.2, 0.25) is 0 Å². The minimum absolute atomic E-state index is 0.0373. The van der Waals surface area contributed by atoms with E-state index in [0.717, 1.165) is 0 Å².